The summed E-state index contributed by atoms with van der Waals surface area (Å²) < 4.78 is 12.1. The Morgan fingerprint density at radius 3 is 2.50 bits per heavy atom. The molecule has 1 aliphatic heterocycles. The highest BCUT2D eigenvalue weighted by molar-refractivity contribution is 5.94. The molecule has 0 saturated carbocycles. The molecule has 162 valence electrons. The molecule has 1 heterocycles. The summed E-state index contributed by atoms with van der Waals surface area (Å²) >= 11 is 0. The molecule has 0 spiro atoms. The van der Waals surface area contributed by atoms with Crippen LogP contribution in [0.5, 0.6) is 0 Å². The highest BCUT2D eigenvalue weighted by atomic mass is 16.7. The van der Waals surface area contributed by atoms with Crippen molar-refractivity contribution in [1.82, 2.24) is 0 Å². The minimum absolute atomic E-state index is 0.106. The number of aromatic carboxylic acids is 1. The van der Waals surface area contributed by atoms with E-state index in [1.807, 2.05) is 71.1 Å². The van der Waals surface area contributed by atoms with Gasteiger partial charge in [-0.25, -0.2) is 4.79 Å². The molecule has 0 radical (unpaired) electrons. The van der Waals surface area contributed by atoms with Crippen molar-refractivity contribution in [3.63, 3.8) is 0 Å². The molecule has 1 unspecified atom stereocenters. The van der Waals surface area contributed by atoms with Gasteiger partial charge in [0.25, 0.3) is 0 Å². The molecular formula is C23H31N3O4. The second-order valence-corrected chi connectivity index (χ2v) is 8.26. The first-order valence-corrected chi connectivity index (χ1v) is 10.2. The number of hydrogen-bond acceptors (Lipinski definition) is 4. The number of carboxylic acids is 1. The summed E-state index contributed by atoms with van der Waals surface area (Å²) in [5.74, 6) is -1.43. The quantitative estimate of drug-likeness (QED) is 0.238. The maximum Gasteiger partial charge on any atom is 0.336 e. The highest BCUT2D eigenvalue weighted by Crippen LogP contribution is 2.32. The van der Waals surface area contributed by atoms with E-state index < -0.39 is 11.8 Å². The smallest absolute Gasteiger partial charge is 0.336 e. The standard InChI is InChI=1S/C23H31N3O4/c1-15(14-25-26-24)8-6-10-19-20(30-23(4,5)29-19)11-7-9-18-13-16(2)12-17(3)21(18)22(27)28/h6-9,12-13,15,19-20H,10-11,14H2,1-5H3,(H,27,28)/b8-6-,9-7+/t15-,19+,20?/m0/s1. The zero-order chi connectivity index (χ0) is 22.3. The van der Waals surface area contributed by atoms with E-state index in [9.17, 15) is 9.90 Å². The van der Waals surface area contributed by atoms with Gasteiger partial charge < -0.3 is 14.6 Å². The van der Waals surface area contributed by atoms with Crippen LogP contribution in [0.15, 0.2) is 35.5 Å². The maximum absolute atomic E-state index is 11.6. The van der Waals surface area contributed by atoms with Crippen molar-refractivity contribution in [2.45, 2.75) is 65.5 Å². The van der Waals surface area contributed by atoms with Crippen molar-refractivity contribution in [1.29, 1.82) is 0 Å². The van der Waals surface area contributed by atoms with Crippen molar-refractivity contribution in [2.24, 2.45) is 11.0 Å². The number of carbonyl (C=O) groups is 1. The third-order valence-electron chi connectivity index (χ3n) is 4.94. The maximum atomic E-state index is 11.6. The van der Waals surface area contributed by atoms with E-state index in [0.717, 1.165) is 11.1 Å². The minimum atomic E-state index is -0.924. The predicted molar refractivity (Wildman–Crippen MR) is 117 cm³/mol. The molecule has 1 saturated heterocycles. The normalized spacial score (nSPS) is 21.8. The fraction of sp³-hybridized carbons (Fsp3) is 0.522. The summed E-state index contributed by atoms with van der Waals surface area (Å²) in [6, 6.07) is 3.76. The Morgan fingerprint density at radius 1 is 1.27 bits per heavy atom. The molecule has 3 atom stereocenters. The second kappa shape index (κ2) is 10.4. The van der Waals surface area contributed by atoms with E-state index in [2.05, 4.69) is 10.0 Å². The van der Waals surface area contributed by atoms with Crippen molar-refractivity contribution < 1.29 is 19.4 Å². The van der Waals surface area contributed by atoms with Gasteiger partial charge in [0.2, 0.25) is 0 Å². The van der Waals surface area contributed by atoms with Gasteiger partial charge in [0.15, 0.2) is 5.79 Å². The zero-order valence-corrected chi connectivity index (χ0v) is 18.3. The molecule has 1 N–H and O–H groups in total. The average Bonchev–Trinajstić information content (AvgIpc) is 2.92. The molecule has 0 aromatic heterocycles. The molecule has 1 fully saturated rings. The van der Waals surface area contributed by atoms with Crippen LogP contribution in [0.1, 0.15) is 60.7 Å². The Bertz CT molecular complexity index is 869. The summed E-state index contributed by atoms with van der Waals surface area (Å²) in [7, 11) is 0. The number of hydrogen-bond donors (Lipinski definition) is 1. The number of ether oxygens (including phenoxy) is 2. The molecule has 2 rings (SSSR count). The Kier molecular flexibility index (Phi) is 8.24. The predicted octanol–water partition coefficient (Wildman–Crippen LogP) is 5.82. The van der Waals surface area contributed by atoms with Crippen LogP contribution in [-0.2, 0) is 9.47 Å². The number of aryl methyl sites for hydroxylation is 2. The third kappa shape index (κ3) is 6.73. The molecule has 0 aliphatic carbocycles. The van der Waals surface area contributed by atoms with Gasteiger partial charge in [-0.3, -0.25) is 0 Å². The lowest BCUT2D eigenvalue weighted by Gasteiger charge is -2.16. The van der Waals surface area contributed by atoms with Crippen LogP contribution in [0, 0.1) is 19.8 Å². The molecule has 1 aromatic rings. The third-order valence-corrected chi connectivity index (χ3v) is 4.94. The van der Waals surface area contributed by atoms with Crippen LogP contribution in [0.2, 0.25) is 0 Å². The number of rotatable bonds is 9. The van der Waals surface area contributed by atoms with Crippen LogP contribution in [-0.4, -0.2) is 35.6 Å². The molecule has 0 amide bonds. The molecule has 30 heavy (non-hydrogen) atoms. The molecule has 7 nitrogen and oxygen atoms in total. The van der Waals surface area contributed by atoms with Gasteiger partial charge in [-0.05, 0) is 63.1 Å². The van der Waals surface area contributed by atoms with Gasteiger partial charge in [-0.15, -0.1) is 0 Å². The van der Waals surface area contributed by atoms with Crippen molar-refractivity contribution in [3.8, 4) is 0 Å². The van der Waals surface area contributed by atoms with Gasteiger partial charge in [-0.2, -0.15) is 0 Å². The lowest BCUT2D eigenvalue weighted by atomic mass is 9.98. The molecule has 7 heteroatoms. The Morgan fingerprint density at radius 2 is 1.90 bits per heavy atom. The Balaban J connectivity index is 2.08. The summed E-state index contributed by atoms with van der Waals surface area (Å²) in [6.45, 7) is 9.97. The first-order chi connectivity index (χ1) is 14.1. The van der Waals surface area contributed by atoms with Gasteiger partial charge in [0.1, 0.15) is 0 Å². The van der Waals surface area contributed by atoms with Crippen LogP contribution < -0.4 is 0 Å². The highest BCUT2D eigenvalue weighted by Gasteiger charge is 2.39. The SMILES string of the molecule is Cc1cc(C)c(C(=O)O)c(/C=C/CC2OC(C)(C)O[C@@H]2C/C=C\[C@H](C)CN=[N+]=[N-])c1. The first kappa shape index (κ1) is 23.7. The molecular weight excluding hydrogens is 382 g/mol. The van der Waals surface area contributed by atoms with E-state index in [1.165, 1.54) is 0 Å². The van der Waals surface area contributed by atoms with Crippen LogP contribution in [0.25, 0.3) is 16.5 Å². The Hall–Kier alpha value is -2.60. The fourth-order valence-corrected chi connectivity index (χ4v) is 3.73. The van der Waals surface area contributed by atoms with Crippen LogP contribution >= 0.6 is 0 Å². The van der Waals surface area contributed by atoms with Gasteiger partial charge in [0, 0.05) is 11.5 Å². The molecule has 0 bridgehead atoms. The summed E-state index contributed by atoms with van der Waals surface area (Å²) in [5, 5.41) is 13.1. The number of carboxylic acid groups (broad SMARTS) is 1. The van der Waals surface area contributed by atoms with Crippen LogP contribution in [0.4, 0.5) is 0 Å². The van der Waals surface area contributed by atoms with E-state index in [4.69, 9.17) is 15.0 Å². The number of nitrogens with zero attached hydrogens (tertiary/aromatic N) is 3. The van der Waals surface area contributed by atoms with Crippen molar-refractivity contribution in [2.75, 3.05) is 6.54 Å². The van der Waals surface area contributed by atoms with Crippen molar-refractivity contribution >= 4 is 12.0 Å². The Labute approximate surface area is 178 Å². The molecule has 1 aromatic carbocycles. The summed E-state index contributed by atoms with van der Waals surface area (Å²) in [5.41, 5.74) is 11.2. The van der Waals surface area contributed by atoms with E-state index in [-0.39, 0.29) is 18.1 Å². The van der Waals surface area contributed by atoms with Gasteiger partial charge in [-0.1, -0.05) is 54.0 Å². The zero-order valence-electron chi connectivity index (χ0n) is 18.3. The van der Waals surface area contributed by atoms with Gasteiger partial charge >= 0.3 is 5.97 Å². The first-order valence-electron chi connectivity index (χ1n) is 10.2. The second-order valence-electron chi connectivity index (χ2n) is 8.26. The van der Waals surface area contributed by atoms with Crippen molar-refractivity contribution in [3.05, 3.63) is 63.1 Å². The fourth-order valence-electron chi connectivity index (χ4n) is 3.73. The number of benzene rings is 1. The lowest BCUT2D eigenvalue weighted by Crippen LogP contribution is -2.21. The monoisotopic (exact) mass is 413 g/mol. The largest absolute Gasteiger partial charge is 0.478 e. The lowest BCUT2D eigenvalue weighted by molar-refractivity contribution is -0.145. The van der Waals surface area contributed by atoms with Crippen LogP contribution in [0.3, 0.4) is 0 Å². The minimum Gasteiger partial charge on any atom is -0.478 e. The van der Waals surface area contributed by atoms with E-state index in [1.54, 1.807) is 0 Å². The van der Waals surface area contributed by atoms with E-state index >= 15 is 0 Å². The summed E-state index contributed by atoms with van der Waals surface area (Å²) in [4.78, 5) is 14.4. The summed E-state index contributed by atoms with van der Waals surface area (Å²) in [6.07, 6.45) is 8.93. The average molecular weight is 414 g/mol. The van der Waals surface area contributed by atoms with E-state index in [0.29, 0.717) is 30.5 Å². The molecule has 1 aliphatic rings. The topological polar surface area (TPSA) is 105 Å². The van der Waals surface area contributed by atoms with Gasteiger partial charge in [0.05, 0.1) is 17.8 Å². The number of azide groups is 1.